The first kappa shape index (κ1) is 18.4. The number of phenols is 1. The molecule has 0 atom stereocenters. The average molecular weight is 409 g/mol. The predicted octanol–water partition coefficient (Wildman–Crippen LogP) is 6.40. The second-order valence-electron chi connectivity index (χ2n) is 5.30. The van der Waals surface area contributed by atoms with Crippen LogP contribution in [0.15, 0.2) is 60.7 Å². The van der Waals surface area contributed by atoms with Crippen molar-refractivity contribution in [2.45, 2.75) is 0 Å². The third-order valence-corrected chi connectivity index (χ3v) is 4.24. The third kappa shape index (κ3) is 4.22. The summed E-state index contributed by atoms with van der Waals surface area (Å²) in [6.45, 7) is 0. The van der Waals surface area contributed by atoms with Crippen LogP contribution >= 0.6 is 34.8 Å². The molecule has 3 aromatic carbocycles. The Morgan fingerprint density at radius 1 is 0.923 bits per heavy atom. The molecule has 0 fully saturated rings. The van der Waals surface area contributed by atoms with Crippen molar-refractivity contribution in [1.82, 2.24) is 0 Å². The highest BCUT2D eigenvalue weighted by atomic mass is 35.5. The topological polar surface area (TPSA) is 58.6 Å². The SMILES string of the molecule is O=C(Nc1ccc(Oc2ccccc2)c(Cl)c1)c1cc(Cl)cc(Cl)c1O. The molecule has 0 saturated heterocycles. The molecule has 0 aliphatic heterocycles. The Labute approximate surface area is 164 Å². The van der Waals surface area contributed by atoms with Gasteiger partial charge in [0.1, 0.15) is 17.2 Å². The van der Waals surface area contributed by atoms with Gasteiger partial charge in [-0.2, -0.15) is 0 Å². The molecule has 0 heterocycles. The zero-order valence-corrected chi connectivity index (χ0v) is 15.4. The van der Waals surface area contributed by atoms with Crippen molar-refractivity contribution in [3.8, 4) is 17.2 Å². The van der Waals surface area contributed by atoms with Gasteiger partial charge in [-0.25, -0.2) is 0 Å². The van der Waals surface area contributed by atoms with E-state index >= 15 is 0 Å². The Hall–Kier alpha value is -2.40. The first-order valence-electron chi connectivity index (χ1n) is 7.46. The summed E-state index contributed by atoms with van der Waals surface area (Å²) >= 11 is 17.9. The standard InChI is InChI=1S/C19H12Cl3NO3/c20-11-8-14(18(24)16(22)9-11)19(25)23-12-6-7-17(15(21)10-12)26-13-4-2-1-3-5-13/h1-10,24H,(H,23,25). The normalized spacial score (nSPS) is 10.4. The quantitative estimate of drug-likeness (QED) is 0.525. The Bertz CT molecular complexity index is 962. The van der Waals surface area contributed by atoms with Gasteiger partial charge in [-0.3, -0.25) is 4.79 Å². The van der Waals surface area contributed by atoms with Crippen molar-refractivity contribution < 1.29 is 14.6 Å². The van der Waals surface area contributed by atoms with E-state index in [1.807, 2.05) is 18.2 Å². The summed E-state index contributed by atoms with van der Waals surface area (Å²) in [7, 11) is 0. The molecule has 0 saturated carbocycles. The lowest BCUT2D eigenvalue weighted by Crippen LogP contribution is -2.12. The molecule has 0 bridgehead atoms. The Morgan fingerprint density at radius 3 is 2.35 bits per heavy atom. The van der Waals surface area contributed by atoms with Gasteiger partial charge in [0, 0.05) is 10.7 Å². The molecule has 0 aliphatic carbocycles. The Morgan fingerprint density at radius 2 is 1.65 bits per heavy atom. The zero-order chi connectivity index (χ0) is 18.7. The Kier molecular flexibility index (Phi) is 5.57. The molecular formula is C19H12Cl3NO3. The highest BCUT2D eigenvalue weighted by Gasteiger charge is 2.16. The van der Waals surface area contributed by atoms with Gasteiger partial charge in [-0.1, -0.05) is 53.0 Å². The zero-order valence-electron chi connectivity index (χ0n) is 13.2. The van der Waals surface area contributed by atoms with Crippen LogP contribution in [0, 0.1) is 0 Å². The Balaban J connectivity index is 1.79. The second-order valence-corrected chi connectivity index (χ2v) is 6.55. The second kappa shape index (κ2) is 7.87. The van der Waals surface area contributed by atoms with Crippen LogP contribution in [-0.4, -0.2) is 11.0 Å². The molecule has 0 unspecified atom stereocenters. The first-order chi connectivity index (χ1) is 12.4. The molecule has 0 aromatic heterocycles. The van der Waals surface area contributed by atoms with E-state index in [0.29, 0.717) is 22.2 Å². The number of ether oxygens (including phenoxy) is 1. The maximum atomic E-state index is 12.4. The number of carbonyl (C=O) groups is 1. The van der Waals surface area contributed by atoms with Crippen LogP contribution in [0.3, 0.4) is 0 Å². The number of hydrogen-bond donors (Lipinski definition) is 2. The third-order valence-electron chi connectivity index (χ3n) is 3.43. The summed E-state index contributed by atoms with van der Waals surface area (Å²) in [5.41, 5.74) is 0.388. The van der Waals surface area contributed by atoms with E-state index in [-0.39, 0.29) is 21.4 Å². The van der Waals surface area contributed by atoms with Gasteiger partial charge in [0.15, 0.2) is 0 Å². The van der Waals surface area contributed by atoms with Crippen LogP contribution in [0.2, 0.25) is 15.1 Å². The minimum Gasteiger partial charge on any atom is -0.506 e. The molecule has 0 spiro atoms. The maximum Gasteiger partial charge on any atom is 0.259 e. The molecule has 3 aromatic rings. The average Bonchev–Trinajstić information content (AvgIpc) is 2.61. The molecule has 1 amide bonds. The van der Waals surface area contributed by atoms with Crippen molar-refractivity contribution in [2.24, 2.45) is 0 Å². The minimum atomic E-state index is -0.570. The van der Waals surface area contributed by atoms with Crippen molar-refractivity contribution in [3.63, 3.8) is 0 Å². The molecule has 2 N–H and O–H groups in total. The van der Waals surface area contributed by atoms with Gasteiger partial charge in [0.2, 0.25) is 0 Å². The van der Waals surface area contributed by atoms with Gasteiger partial charge < -0.3 is 15.2 Å². The molecule has 4 nitrogen and oxygen atoms in total. The van der Waals surface area contributed by atoms with Gasteiger partial charge in [-0.05, 0) is 42.5 Å². The van der Waals surface area contributed by atoms with E-state index in [9.17, 15) is 9.90 Å². The lowest BCUT2D eigenvalue weighted by atomic mass is 10.1. The number of benzene rings is 3. The molecule has 0 aliphatic rings. The van der Waals surface area contributed by atoms with Crippen LogP contribution in [0.1, 0.15) is 10.4 Å². The number of carbonyl (C=O) groups excluding carboxylic acids is 1. The van der Waals surface area contributed by atoms with Crippen molar-refractivity contribution in [1.29, 1.82) is 0 Å². The van der Waals surface area contributed by atoms with Gasteiger partial charge in [0.25, 0.3) is 5.91 Å². The van der Waals surface area contributed by atoms with E-state index < -0.39 is 5.91 Å². The summed E-state index contributed by atoms with van der Waals surface area (Å²) < 4.78 is 5.68. The van der Waals surface area contributed by atoms with Gasteiger partial charge in [0.05, 0.1) is 15.6 Å². The van der Waals surface area contributed by atoms with Crippen LogP contribution in [0.25, 0.3) is 0 Å². The van der Waals surface area contributed by atoms with E-state index in [0.717, 1.165) is 0 Å². The van der Waals surface area contributed by atoms with Crippen LogP contribution in [0.4, 0.5) is 5.69 Å². The fourth-order valence-electron chi connectivity index (χ4n) is 2.21. The van der Waals surface area contributed by atoms with E-state index in [1.54, 1.807) is 30.3 Å². The highest BCUT2D eigenvalue weighted by molar-refractivity contribution is 6.36. The number of phenolic OH excluding ortho intramolecular Hbond substituents is 1. The summed E-state index contributed by atoms with van der Waals surface area (Å²) in [4.78, 5) is 12.4. The fraction of sp³-hybridized carbons (Fsp3) is 0. The summed E-state index contributed by atoms with van der Waals surface area (Å²) in [5.74, 6) is 0.178. The number of amides is 1. The summed E-state index contributed by atoms with van der Waals surface area (Å²) in [6.07, 6.45) is 0. The minimum absolute atomic E-state index is 0.00714. The van der Waals surface area contributed by atoms with Crippen LogP contribution < -0.4 is 10.1 Å². The number of nitrogens with one attached hydrogen (secondary N) is 1. The summed E-state index contributed by atoms with van der Waals surface area (Å²) in [6, 6.07) is 16.7. The van der Waals surface area contributed by atoms with Crippen molar-refractivity contribution in [2.75, 3.05) is 5.32 Å². The van der Waals surface area contributed by atoms with E-state index in [1.165, 1.54) is 12.1 Å². The largest absolute Gasteiger partial charge is 0.506 e. The van der Waals surface area contributed by atoms with Crippen molar-refractivity contribution >= 4 is 46.4 Å². The number of hydrogen-bond acceptors (Lipinski definition) is 3. The lowest BCUT2D eigenvalue weighted by molar-refractivity contribution is 0.102. The van der Waals surface area contributed by atoms with Crippen LogP contribution in [-0.2, 0) is 0 Å². The van der Waals surface area contributed by atoms with E-state index in [4.69, 9.17) is 39.5 Å². The number of aromatic hydroxyl groups is 1. The number of anilines is 1. The monoisotopic (exact) mass is 407 g/mol. The highest BCUT2D eigenvalue weighted by Crippen LogP contribution is 2.34. The van der Waals surface area contributed by atoms with Gasteiger partial charge in [-0.15, -0.1) is 0 Å². The van der Waals surface area contributed by atoms with Crippen molar-refractivity contribution in [3.05, 3.63) is 81.3 Å². The molecule has 26 heavy (non-hydrogen) atoms. The summed E-state index contributed by atoms with van der Waals surface area (Å²) in [5, 5.41) is 13.1. The first-order valence-corrected chi connectivity index (χ1v) is 8.59. The smallest absolute Gasteiger partial charge is 0.259 e. The molecular weight excluding hydrogens is 397 g/mol. The predicted molar refractivity (Wildman–Crippen MR) is 104 cm³/mol. The molecule has 132 valence electrons. The molecule has 7 heteroatoms. The number of rotatable bonds is 4. The molecule has 3 rings (SSSR count). The number of para-hydroxylation sites is 1. The number of halogens is 3. The molecule has 0 radical (unpaired) electrons. The lowest BCUT2D eigenvalue weighted by Gasteiger charge is -2.11. The fourth-order valence-corrected chi connectivity index (χ4v) is 2.93. The van der Waals surface area contributed by atoms with Crippen LogP contribution in [0.5, 0.6) is 17.2 Å². The maximum absolute atomic E-state index is 12.4. The van der Waals surface area contributed by atoms with Gasteiger partial charge >= 0.3 is 0 Å². The van der Waals surface area contributed by atoms with E-state index in [2.05, 4.69) is 5.32 Å².